The maximum Gasteiger partial charge on any atom is 0.221 e. The molecule has 1 saturated heterocycles. The predicted molar refractivity (Wildman–Crippen MR) is 50.9 cm³/mol. The fourth-order valence-corrected chi connectivity index (χ4v) is 0.849. The minimum atomic E-state index is 0. The minimum Gasteiger partial charge on any atom is -0.356 e. The van der Waals surface area contributed by atoms with Gasteiger partial charge in [-0.3, -0.25) is 4.79 Å². The van der Waals surface area contributed by atoms with E-state index in [4.69, 9.17) is 4.74 Å². The molecule has 1 amide bonds. The fraction of sp³-hybridized carbons (Fsp3) is 0.889. The molecule has 1 unspecified atom stereocenters. The second-order valence-corrected chi connectivity index (χ2v) is 2.50. The average Bonchev–Trinajstić information content (AvgIpc) is 2.62. The number of amides is 1. The van der Waals surface area contributed by atoms with E-state index in [0.29, 0.717) is 0 Å². The Kier molecular flexibility index (Phi) is 12.6. The maximum absolute atomic E-state index is 10.6. The third kappa shape index (κ3) is 6.22. The minimum absolute atomic E-state index is 0. The summed E-state index contributed by atoms with van der Waals surface area (Å²) >= 11 is 0. The van der Waals surface area contributed by atoms with Gasteiger partial charge in [-0.25, -0.2) is 0 Å². The van der Waals surface area contributed by atoms with E-state index in [-0.39, 0.29) is 48.1 Å². The quantitative estimate of drug-likeness (QED) is 0.721. The van der Waals surface area contributed by atoms with Gasteiger partial charge in [0.1, 0.15) is 6.23 Å². The zero-order valence-electron chi connectivity index (χ0n) is 6.87. The summed E-state index contributed by atoms with van der Waals surface area (Å²) in [7, 11) is 0. The summed E-state index contributed by atoms with van der Waals surface area (Å²) in [6, 6.07) is 0. The van der Waals surface area contributed by atoms with Crippen molar-refractivity contribution >= 4 is 5.91 Å². The van der Waals surface area contributed by atoms with E-state index < -0.39 is 0 Å². The van der Waals surface area contributed by atoms with Crippen LogP contribution in [0.3, 0.4) is 0 Å². The monoisotopic (exact) mass is 359 g/mol. The van der Waals surface area contributed by atoms with E-state index in [1.165, 1.54) is 0 Å². The number of carbonyl (C=O) groups excluding carboxylic acids is 1. The molecule has 0 bridgehead atoms. The topological polar surface area (TPSA) is 29.3 Å². The molecule has 0 aliphatic carbocycles. The molecule has 0 aromatic rings. The Morgan fingerprint density at radius 1 is 1.54 bits per heavy atom. The Bertz CT molecular complexity index is 142. The Morgan fingerprint density at radius 2 is 2.08 bits per heavy atom. The first-order chi connectivity index (χ1) is 4.75. The molecule has 4 heteroatoms. The second-order valence-electron chi connectivity index (χ2n) is 2.50. The maximum atomic E-state index is 10.6. The summed E-state index contributed by atoms with van der Waals surface area (Å²) in [6.45, 7) is 5.17. The molecule has 1 atom stereocenters. The van der Waals surface area contributed by atoms with Gasteiger partial charge in [-0.2, -0.15) is 0 Å². The van der Waals surface area contributed by atoms with Crippen molar-refractivity contribution in [3.05, 3.63) is 0 Å². The first-order valence-electron chi connectivity index (χ1n) is 3.64. The SMILES string of the molecule is C.C.CCCOC1CN1C(C)=O.[W]. The van der Waals surface area contributed by atoms with Crippen LogP contribution in [0.2, 0.25) is 0 Å². The third-order valence-corrected chi connectivity index (χ3v) is 1.49. The van der Waals surface area contributed by atoms with Crippen LogP contribution in [0, 0.1) is 0 Å². The average molecular weight is 359 g/mol. The summed E-state index contributed by atoms with van der Waals surface area (Å²) in [4.78, 5) is 12.3. The molecule has 0 spiro atoms. The molecule has 1 rings (SSSR count). The standard InChI is InChI=1S/C7H13NO2.2CH4.W/c1-3-4-10-7-5-8(7)6(2)9;;;/h7H,3-5H2,1-2H3;2*1H4;. The number of carbonyl (C=O) groups is 1. The van der Waals surface area contributed by atoms with Crippen molar-refractivity contribution < 1.29 is 30.6 Å². The first kappa shape index (κ1) is 18.8. The van der Waals surface area contributed by atoms with Crippen molar-refractivity contribution in [2.45, 2.75) is 41.3 Å². The number of nitrogens with zero attached hydrogens (tertiary/aromatic N) is 1. The van der Waals surface area contributed by atoms with Crippen LogP contribution in [0.4, 0.5) is 0 Å². The summed E-state index contributed by atoms with van der Waals surface area (Å²) < 4.78 is 5.28. The van der Waals surface area contributed by atoms with Gasteiger partial charge in [-0.1, -0.05) is 21.8 Å². The van der Waals surface area contributed by atoms with Gasteiger partial charge < -0.3 is 9.64 Å². The van der Waals surface area contributed by atoms with Crippen LogP contribution < -0.4 is 0 Å². The van der Waals surface area contributed by atoms with E-state index >= 15 is 0 Å². The van der Waals surface area contributed by atoms with Gasteiger partial charge in [-0.05, 0) is 6.42 Å². The van der Waals surface area contributed by atoms with E-state index in [2.05, 4.69) is 6.92 Å². The Hall–Kier alpha value is 0.118. The largest absolute Gasteiger partial charge is 0.356 e. The molecule has 0 radical (unpaired) electrons. The normalized spacial score (nSPS) is 17.7. The summed E-state index contributed by atoms with van der Waals surface area (Å²) in [5.74, 6) is 0.112. The van der Waals surface area contributed by atoms with Gasteiger partial charge in [0, 0.05) is 34.6 Å². The molecule has 1 heterocycles. The number of hydrogen-bond acceptors (Lipinski definition) is 2. The fourth-order valence-electron chi connectivity index (χ4n) is 0.849. The van der Waals surface area contributed by atoms with Gasteiger partial charge in [0.25, 0.3) is 0 Å². The Morgan fingerprint density at radius 3 is 2.38 bits per heavy atom. The van der Waals surface area contributed by atoms with Crippen molar-refractivity contribution in [1.29, 1.82) is 0 Å². The zero-order chi connectivity index (χ0) is 7.56. The molecule has 1 aliphatic rings. The smallest absolute Gasteiger partial charge is 0.221 e. The van der Waals surface area contributed by atoms with Crippen LogP contribution in [-0.4, -0.2) is 30.2 Å². The first-order valence-corrected chi connectivity index (χ1v) is 3.64. The van der Waals surface area contributed by atoms with Crippen LogP contribution in [0.15, 0.2) is 0 Å². The van der Waals surface area contributed by atoms with Gasteiger partial charge in [0.2, 0.25) is 5.91 Å². The van der Waals surface area contributed by atoms with Gasteiger partial charge >= 0.3 is 0 Å². The van der Waals surface area contributed by atoms with E-state index in [9.17, 15) is 4.79 Å². The predicted octanol–water partition coefficient (Wildman–Crippen LogP) is 1.87. The molecule has 1 aliphatic heterocycles. The summed E-state index contributed by atoms with van der Waals surface area (Å²) in [5.41, 5.74) is 0. The molecule has 3 nitrogen and oxygen atoms in total. The van der Waals surface area contributed by atoms with Crippen LogP contribution in [0.25, 0.3) is 0 Å². The molecule has 0 N–H and O–H groups in total. The molecule has 0 saturated carbocycles. The number of ether oxygens (including phenoxy) is 1. The molecular formula is C9H21NO2W. The molecule has 0 aromatic carbocycles. The van der Waals surface area contributed by atoms with E-state index in [1.807, 2.05) is 0 Å². The Labute approximate surface area is 96.1 Å². The second kappa shape index (κ2) is 8.70. The van der Waals surface area contributed by atoms with Crippen molar-refractivity contribution in [1.82, 2.24) is 4.90 Å². The van der Waals surface area contributed by atoms with Crippen LogP contribution in [-0.2, 0) is 30.6 Å². The summed E-state index contributed by atoms with van der Waals surface area (Å²) in [6.07, 6.45) is 1.11. The van der Waals surface area contributed by atoms with Crippen LogP contribution in [0.5, 0.6) is 0 Å². The van der Waals surface area contributed by atoms with Crippen molar-refractivity contribution in [2.75, 3.05) is 13.2 Å². The molecule has 80 valence electrons. The van der Waals surface area contributed by atoms with Crippen molar-refractivity contribution in [3.8, 4) is 0 Å². The molecule has 0 aromatic heterocycles. The van der Waals surface area contributed by atoms with E-state index in [0.717, 1.165) is 19.6 Å². The van der Waals surface area contributed by atoms with E-state index in [1.54, 1.807) is 11.8 Å². The van der Waals surface area contributed by atoms with Gasteiger partial charge in [0.05, 0.1) is 6.54 Å². The molecule has 1 fully saturated rings. The van der Waals surface area contributed by atoms with Gasteiger partial charge in [-0.15, -0.1) is 0 Å². The zero-order valence-corrected chi connectivity index (χ0v) is 9.80. The molecular weight excluding hydrogens is 338 g/mol. The van der Waals surface area contributed by atoms with Crippen LogP contribution >= 0.6 is 0 Å². The summed E-state index contributed by atoms with van der Waals surface area (Å²) in [5, 5.41) is 0. The Balaban J connectivity index is -0.000000333. The van der Waals surface area contributed by atoms with Gasteiger partial charge in [0.15, 0.2) is 0 Å². The van der Waals surface area contributed by atoms with Crippen LogP contribution in [0.1, 0.15) is 35.1 Å². The number of rotatable bonds is 3. The van der Waals surface area contributed by atoms with Crippen molar-refractivity contribution in [3.63, 3.8) is 0 Å². The van der Waals surface area contributed by atoms with Crippen molar-refractivity contribution in [2.24, 2.45) is 0 Å². The molecule has 13 heavy (non-hydrogen) atoms. The number of hydrogen-bond donors (Lipinski definition) is 0. The third-order valence-electron chi connectivity index (χ3n) is 1.49.